The van der Waals surface area contributed by atoms with E-state index in [1.54, 1.807) is 23.1 Å². The number of rotatable bonds is 6. The van der Waals surface area contributed by atoms with E-state index in [4.69, 9.17) is 0 Å². The van der Waals surface area contributed by atoms with Crippen molar-refractivity contribution in [2.75, 3.05) is 5.75 Å². The lowest BCUT2D eigenvalue weighted by Crippen LogP contribution is -1.98. The van der Waals surface area contributed by atoms with Gasteiger partial charge in [-0.3, -0.25) is 0 Å². The van der Waals surface area contributed by atoms with Crippen LogP contribution in [0, 0.1) is 0 Å². The molecule has 0 aliphatic heterocycles. The quantitative estimate of drug-likeness (QED) is 0.607. The van der Waals surface area contributed by atoms with E-state index in [1.165, 1.54) is 10.4 Å². The minimum absolute atomic E-state index is 0.880. The lowest BCUT2D eigenvalue weighted by molar-refractivity contribution is 0.688. The fraction of sp³-hybridized carbons (Fsp3) is 0.176. The van der Waals surface area contributed by atoms with Crippen LogP contribution in [0.2, 0.25) is 0 Å². The van der Waals surface area contributed by atoms with Gasteiger partial charge in [0.1, 0.15) is 0 Å². The van der Waals surface area contributed by atoms with Crippen LogP contribution in [-0.2, 0) is 6.54 Å². The molecule has 0 aliphatic carbocycles. The number of hydrogen-bond acceptors (Lipinski definition) is 4. The summed E-state index contributed by atoms with van der Waals surface area (Å²) in [6, 6.07) is 14.5. The molecule has 3 rings (SSSR count). The minimum Gasteiger partial charge on any atom is -0.302 e. The maximum absolute atomic E-state index is 4.34. The molecule has 0 fully saturated rings. The molecule has 1 aromatic carbocycles. The second-order valence-corrected chi connectivity index (χ2v) is 6.59. The average Bonchev–Trinajstić information content (AvgIpc) is 3.21. The summed E-state index contributed by atoms with van der Waals surface area (Å²) in [4.78, 5) is 1.17. The molecule has 112 valence electrons. The van der Waals surface area contributed by atoms with Crippen LogP contribution in [0.15, 0.2) is 59.1 Å². The summed E-state index contributed by atoms with van der Waals surface area (Å²) in [5, 5.41) is 11.7. The fourth-order valence-corrected chi connectivity index (χ4v) is 3.67. The van der Waals surface area contributed by atoms with Gasteiger partial charge in [0.05, 0.1) is 4.88 Å². The number of hydrogen-bond donors (Lipinski definition) is 0. The maximum Gasteiger partial charge on any atom is 0.191 e. The highest BCUT2D eigenvalue weighted by Gasteiger charge is 2.12. The molecule has 0 N–H and O–H groups in total. The third-order valence-corrected chi connectivity index (χ3v) is 4.98. The maximum atomic E-state index is 4.34. The first-order chi connectivity index (χ1) is 10.9. The molecule has 0 saturated heterocycles. The van der Waals surface area contributed by atoms with Crippen molar-refractivity contribution >= 4 is 29.2 Å². The van der Waals surface area contributed by atoms with Crippen molar-refractivity contribution < 1.29 is 0 Å². The molecule has 0 bridgehead atoms. The molecule has 3 nitrogen and oxygen atoms in total. The van der Waals surface area contributed by atoms with Crippen molar-refractivity contribution in [2.24, 2.45) is 0 Å². The number of aromatic nitrogens is 3. The van der Waals surface area contributed by atoms with E-state index in [0.29, 0.717) is 0 Å². The van der Waals surface area contributed by atoms with Gasteiger partial charge in [-0.2, -0.15) is 0 Å². The summed E-state index contributed by atoms with van der Waals surface area (Å²) in [6.07, 6.45) is 4.30. The van der Waals surface area contributed by atoms with E-state index in [2.05, 4.69) is 57.4 Å². The van der Waals surface area contributed by atoms with Crippen LogP contribution in [-0.4, -0.2) is 20.5 Å². The Kier molecular flexibility index (Phi) is 5.08. The molecule has 0 unspecified atom stereocenters. The Balaban J connectivity index is 1.67. The van der Waals surface area contributed by atoms with Crippen LogP contribution in [0.4, 0.5) is 0 Å². The average molecular weight is 327 g/mol. The van der Waals surface area contributed by atoms with E-state index in [-0.39, 0.29) is 0 Å². The number of thioether (sulfide) groups is 1. The molecule has 5 heteroatoms. The van der Waals surface area contributed by atoms with Crippen molar-refractivity contribution in [3.63, 3.8) is 0 Å². The molecule has 0 atom stereocenters. The summed E-state index contributed by atoms with van der Waals surface area (Å²) < 4.78 is 2.17. The number of thiophene rings is 1. The van der Waals surface area contributed by atoms with Gasteiger partial charge in [-0.25, -0.2) is 0 Å². The van der Waals surface area contributed by atoms with Crippen LogP contribution in [0.3, 0.4) is 0 Å². The molecule has 2 aromatic heterocycles. The summed E-state index contributed by atoms with van der Waals surface area (Å²) >= 11 is 3.41. The highest BCUT2D eigenvalue weighted by atomic mass is 32.2. The standard InChI is InChI=1S/C17H17N3S2/c1-2-20-16(15-11-7-12-21-15)18-19-17(20)22-13-6-10-14-8-4-3-5-9-14/h3-12H,2,13H2,1H3. The highest BCUT2D eigenvalue weighted by molar-refractivity contribution is 7.99. The summed E-state index contributed by atoms with van der Waals surface area (Å²) in [7, 11) is 0. The van der Waals surface area contributed by atoms with Crippen LogP contribution in [0.25, 0.3) is 16.8 Å². The Morgan fingerprint density at radius 3 is 2.73 bits per heavy atom. The van der Waals surface area contributed by atoms with Gasteiger partial charge in [0.25, 0.3) is 0 Å². The Hall–Kier alpha value is -1.85. The highest BCUT2D eigenvalue weighted by Crippen LogP contribution is 2.27. The van der Waals surface area contributed by atoms with E-state index in [9.17, 15) is 0 Å². The second kappa shape index (κ2) is 7.42. The first kappa shape index (κ1) is 15.1. The van der Waals surface area contributed by atoms with Crippen LogP contribution >= 0.6 is 23.1 Å². The van der Waals surface area contributed by atoms with Crippen molar-refractivity contribution in [2.45, 2.75) is 18.6 Å². The Morgan fingerprint density at radius 1 is 1.14 bits per heavy atom. The normalized spacial score (nSPS) is 11.3. The Morgan fingerprint density at radius 2 is 2.00 bits per heavy atom. The van der Waals surface area contributed by atoms with Crippen molar-refractivity contribution in [3.05, 3.63) is 59.5 Å². The van der Waals surface area contributed by atoms with Gasteiger partial charge >= 0.3 is 0 Å². The van der Waals surface area contributed by atoms with E-state index < -0.39 is 0 Å². The fourth-order valence-electron chi connectivity index (χ4n) is 2.14. The van der Waals surface area contributed by atoms with Gasteiger partial charge in [-0.1, -0.05) is 60.3 Å². The molecule has 2 heterocycles. The zero-order valence-corrected chi connectivity index (χ0v) is 14.0. The first-order valence-electron chi connectivity index (χ1n) is 7.20. The molecule has 0 spiro atoms. The predicted molar refractivity (Wildman–Crippen MR) is 95.2 cm³/mol. The smallest absolute Gasteiger partial charge is 0.191 e. The molecular weight excluding hydrogens is 310 g/mol. The van der Waals surface area contributed by atoms with Gasteiger partial charge in [0.2, 0.25) is 0 Å². The molecular formula is C17H17N3S2. The van der Waals surface area contributed by atoms with Crippen molar-refractivity contribution in [1.29, 1.82) is 0 Å². The lowest BCUT2D eigenvalue weighted by atomic mass is 10.2. The van der Waals surface area contributed by atoms with Crippen molar-refractivity contribution in [1.82, 2.24) is 14.8 Å². The zero-order chi connectivity index (χ0) is 15.2. The molecule has 0 radical (unpaired) electrons. The Labute approximate surface area is 138 Å². The SMILES string of the molecule is CCn1c(SCC=Cc2ccccc2)nnc1-c1cccs1. The van der Waals surface area contributed by atoms with E-state index in [1.807, 2.05) is 24.3 Å². The van der Waals surface area contributed by atoms with Crippen molar-refractivity contribution in [3.8, 4) is 10.7 Å². The largest absolute Gasteiger partial charge is 0.302 e. The van der Waals surface area contributed by atoms with E-state index >= 15 is 0 Å². The summed E-state index contributed by atoms with van der Waals surface area (Å²) in [5.41, 5.74) is 1.22. The summed E-state index contributed by atoms with van der Waals surface area (Å²) in [6.45, 7) is 3.01. The Bertz CT molecular complexity index is 731. The monoisotopic (exact) mass is 327 g/mol. The lowest BCUT2D eigenvalue weighted by Gasteiger charge is -2.04. The van der Waals surface area contributed by atoms with E-state index in [0.717, 1.165) is 23.3 Å². The van der Waals surface area contributed by atoms with Gasteiger partial charge in [0.15, 0.2) is 11.0 Å². The molecule has 22 heavy (non-hydrogen) atoms. The number of benzene rings is 1. The van der Waals surface area contributed by atoms with Gasteiger partial charge in [0, 0.05) is 12.3 Å². The minimum atomic E-state index is 0.880. The second-order valence-electron chi connectivity index (χ2n) is 4.65. The topological polar surface area (TPSA) is 30.7 Å². The molecule has 0 aliphatic rings. The summed E-state index contributed by atoms with van der Waals surface area (Å²) in [5.74, 6) is 1.85. The van der Waals surface area contributed by atoms with Crippen LogP contribution in [0.1, 0.15) is 12.5 Å². The zero-order valence-electron chi connectivity index (χ0n) is 12.3. The molecule has 0 saturated carbocycles. The first-order valence-corrected chi connectivity index (χ1v) is 9.06. The number of nitrogens with zero attached hydrogens (tertiary/aromatic N) is 3. The van der Waals surface area contributed by atoms with Gasteiger partial charge in [-0.05, 0) is 23.9 Å². The predicted octanol–water partition coefficient (Wildman–Crippen LogP) is 4.83. The van der Waals surface area contributed by atoms with Gasteiger partial charge < -0.3 is 4.57 Å². The van der Waals surface area contributed by atoms with Crippen LogP contribution in [0.5, 0.6) is 0 Å². The third kappa shape index (κ3) is 3.48. The molecule has 0 amide bonds. The van der Waals surface area contributed by atoms with Crippen LogP contribution < -0.4 is 0 Å². The van der Waals surface area contributed by atoms with Gasteiger partial charge in [-0.15, -0.1) is 21.5 Å². The third-order valence-electron chi connectivity index (χ3n) is 3.19. The molecule has 3 aromatic rings.